The Morgan fingerprint density at radius 3 is 2.56 bits per heavy atom. The van der Waals surface area contributed by atoms with Crippen LogP contribution in [0.4, 0.5) is 5.82 Å². The lowest BCUT2D eigenvalue weighted by molar-refractivity contribution is -0.104. The van der Waals surface area contributed by atoms with Crippen LogP contribution in [0.15, 0.2) is 24.3 Å². The average molecular weight is 625 g/mol. The van der Waals surface area contributed by atoms with Gasteiger partial charge >= 0.3 is 15.2 Å². The second-order valence-electron chi connectivity index (χ2n) is 9.35. The minimum atomic E-state index is -4.87. The predicted octanol–water partition coefficient (Wildman–Crippen LogP) is 1.88. The third kappa shape index (κ3) is 5.99. The van der Waals surface area contributed by atoms with Crippen LogP contribution in [0.2, 0.25) is 10.3 Å². The summed E-state index contributed by atoms with van der Waals surface area (Å²) in [4.78, 5) is 36.3. The monoisotopic (exact) mass is 624 g/mol. The van der Waals surface area contributed by atoms with Gasteiger partial charge in [0.1, 0.15) is 17.8 Å². The topological polar surface area (TPSA) is 222 Å². The smallest absolute Gasteiger partial charge is 0.340 e. The maximum atomic E-state index is 12.2. The van der Waals surface area contributed by atoms with E-state index in [0.29, 0.717) is 17.9 Å². The summed E-state index contributed by atoms with van der Waals surface area (Å²) in [6.45, 7) is -0.463. The number of hydrogen-bond donors (Lipinski definition) is 6. The van der Waals surface area contributed by atoms with Gasteiger partial charge in [-0.05, 0) is 42.0 Å². The first kappa shape index (κ1) is 28.8. The van der Waals surface area contributed by atoms with E-state index in [1.807, 2.05) is 12.1 Å². The van der Waals surface area contributed by atoms with Crippen LogP contribution in [-0.4, -0.2) is 80.2 Å². The van der Waals surface area contributed by atoms with Crippen molar-refractivity contribution in [1.29, 1.82) is 0 Å². The fourth-order valence-electron chi connectivity index (χ4n) is 4.56. The molecule has 1 unspecified atom stereocenters. The summed E-state index contributed by atoms with van der Waals surface area (Å²) in [6, 6.07) is 7.17. The first-order valence-corrected chi connectivity index (χ1v) is 15.9. The zero-order valence-corrected chi connectivity index (χ0v) is 23.2. The van der Waals surface area contributed by atoms with Crippen LogP contribution >= 0.6 is 38.4 Å². The van der Waals surface area contributed by atoms with Gasteiger partial charge in [0.15, 0.2) is 29.1 Å². The highest BCUT2D eigenvalue weighted by molar-refractivity contribution is 7.70. The van der Waals surface area contributed by atoms with Gasteiger partial charge < -0.3 is 39.5 Å². The van der Waals surface area contributed by atoms with E-state index < -0.39 is 57.7 Å². The van der Waals surface area contributed by atoms with E-state index in [1.165, 1.54) is 0 Å². The molecule has 5 rings (SSSR count). The van der Waals surface area contributed by atoms with Gasteiger partial charge in [0.2, 0.25) is 5.28 Å². The van der Waals surface area contributed by atoms with Crippen molar-refractivity contribution in [2.24, 2.45) is 5.92 Å². The second-order valence-corrected chi connectivity index (χ2v) is 14.1. The number of anilines is 1. The predicted molar refractivity (Wildman–Crippen MR) is 137 cm³/mol. The Labute approximate surface area is 230 Å². The number of benzene rings is 1. The van der Waals surface area contributed by atoms with E-state index in [1.54, 1.807) is 12.1 Å². The van der Waals surface area contributed by atoms with Crippen LogP contribution in [0.3, 0.4) is 0 Å². The zero-order valence-electron chi connectivity index (χ0n) is 19.9. The largest absolute Gasteiger partial charge is 0.385 e. The van der Waals surface area contributed by atoms with Crippen molar-refractivity contribution in [2.75, 3.05) is 17.8 Å². The first-order chi connectivity index (χ1) is 18.3. The molecule has 0 spiro atoms. The van der Waals surface area contributed by atoms with Crippen LogP contribution in [0.5, 0.6) is 0 Å². The second kappa shape index (κ2) is 10.6. The minimum Gasteiger partial charge on any atom is -0.385 e. The quantitative estimate of drug-likeness (QED) is 0.140. The molecular formula is C20H24Cl2N6O9P2. The van der Waals surface area contributed by atoms with E-state index in [0.717, 1.165) is 10.2 Å². The standard InChI is InChI=1S/C20H24Cl2N6O9P2/c21-12-4-2-1-3-10(12)7-23-16-14-17(25-19(22)24-16)28(27-26-14)18-15(29)20(30,11-5-6-11)13(37-18)8-36-39(34,35)9-38(31,32)33/h1-4,11,13,15,18,29-30H,5-9H2,(H,34,35)(H,23,24,25)(H2,31,32,33)/t13-,15+,18-,20-/m1/s1. The van der Waals surface area contributed by atoms with Gasteiger partial charge in [0.05, 0.1) is 6.61 Å². The molecule has 212 valence electrons. The number of nitrogens with zero attached hydrogens (tertiary/aromatic N) is 5. The fraction of sp³-hybridized carbons (Fsp3) is 0.500. The van der Waals surface area contributed by atoms with Gasteiger partial charge in [-0.2, -0.15) is 14.6 Å². The highest BCUT2D eigenvalue weighted by Crippen LogP contribution is 2.57. The van der Waals surface area contributed by atoms with Crippen molar-refractivity contribution in [3.05, 3.63) is 40.1 Å². The minimum absolute atomic E-state index is 0.0646. The van der Waals surface area contributed by atoms with Crippen molar-refractivity contribution in [1.82, 2.24) is 25.0 Å². The van der Waals surface area contributed by atoms with Gasteiger partial charge in [-0.15, -0.1) is 5.10 Å². The average Bonchev–Trinajstić information content (AvgIpc) is 3.57. The van der Waals surface area contributed by atoms with Gasteiger partial charge in [0.25, 0.3) is 0 Å². The summed E-state index contributed by atoms with van der Waals surface area (Å²) in [6.07, 6.45) is -3.23. The van der Waals surface area contributed by atoms with E-state index >= 15 is 0 Å². The Morgan fingerprint density at radius 1 is 1.18 bits per heavy atom. The lowest BCUT2D eigenvalue weighted by Crippen LogP contribution is -2.51. The highest BCUT2D eigenvalue weighted by atomic mass is 35.5. The summed E-state index contributed by atoms with van der Waals surface area (Å²) in [5.41, 5.74) is -0.901. The number of aromatic nitrogens is 5. The SMILES string of the molecule is O=P(O)(O)CP(=O)(O)OC[C@H]1O[C@@H](n2nnc3c(NCc4ccccc4Cl)nc(Cl)nc32)[C@H](O)[C@@]1(O)C1CC1. The van der Waals surface area contributed by atoms with Gasteiger partial charge in [-0.3, -0.25) is 9.13 Å². The van der Waals surface area contributed by atoms with Gasteiger partial charge in [-0.1, -0.05) is 35.0 Å². The summed E-state index contributed by atoms with van der Waals surface area (Å²) < 4.78 is 35.2. The lowest BCUT2D eigenvalue weighted by Gasteiger charge is -2.31. The van der Waals surface area contributed by atoms with Crippen molar-refractivity contribution < 1.29 is 43.3 Å². The zero-order chi connectivity index (χ0) is 28.2. The molecule has 1 saturated heterocycles. The van der Waals surface area contributed by atoms with E-state index in [9.17, 15) is 24.2 Å². The molecule has 3 aromatic rings. The maximum absolute atomic E-state index is 12.2. The number of halogens is 2. The third-order valence-corrected chi connectivity index (χ3v) is 10.5. The number of fused-ring (bicyclic) bond motifs is 1. The summed E-state index contributed by atoms with van der Waals surface area (Å²) in [5, 5.41) is 34.2. The van der Waals surface area contributed by atoms with Crippen LogP contribution in [0.1, 0.15) is 24.6 Å². The molecule has 0 radical (unpaired) electrons. The fourth-order valence-corrected chi connectivity index (χ4v) is 7.49. The molecule has 2 fully saturated rings. The number of nitrogens with one attached hydrogen (secondary N) is 1. The Kier molecular flexibility index (Phi) is 7.81. The van der Waals surface area contributed by atoms with Crippen LogP contribution in [-0.2, 0) is 24.9 Å². The van der Waals surface area contributed by atoms with Crippen molar-refractivity contribution in [3.63, 3.8) is 0 Å². The normalized spacial score (nSPS) is 27.1. The number of aliphatic hydroxyl groups is 2. The summed E-state index contributed by atoms with van der Waals surface area (Å²) in [7, 11) is -9.62. The number of aliphatic hydroxyl groups excluding tert-OH is 1. The first-order valence-electron chi connectivity index (χ1n) is 11.6. The Bertz CT molecular complexity index is 1490. The molecule has 1 aliphatic carbocycles. The van der Waals surface area contributed by atoms with Crippen LogP contribution < -0.4 is 5.32 Å². The number of ether oxygens (including phenoxy) is 1. The Balaban J connectivity index is 1.41. The number of rotatable bonds is 10. The molecule has 39 heavy (non-hydrogen) atoms. The molecule has 0 amide bonds. The Morgan fingerprint density at radius 2 is 1.90 bits per heavy atom. The van der Waals surface area contributed by atoms with Crippen LogP contribution in [0, 0.1) is 5.92 Å². The summed E-state index contributed by atoms with van der Waals surface area (Å²) in [5.74, 6) is -1.61. The molecule has 2 aliphatic rings. The molecule has 5 atom stereocenters. The maximum Gasteiger partial charge on any atom is 0.340 e. The molecule has 3 heterocycles. The van der Waals surface area contributed by atoms with Crippen molar-refractivity contribution in [2.45, 2.75) is 43.4 Å². The van der Waals surface area contributed by atoms with Gasteiger partial charge in [0, 0.05) is 11.6 Å². The van der Waals surface area contributed by atoms with Crippen LogP contribution in [0.25, 0.3) is 11.2 Å². The molecule has 1 aromatic carbocycles. The van der Waals surface area contributed by atoms with E-state index in [2.05, 4.69) is 25.6 Å². The lowest BCUT2D eigenvalue weighted by atomic mass is 9.87. The van der Waals surface area contributed by atoms with E-state index in [4.69, 9.17) is 42.2 Å². The summed E-state index contributed by atoms with van der Waals surface area (Å²) >= 11 is 12.4. The molecule has 1 saturated carbocycles. The van der Waals surface area contributed by atoms with Crippen molar-refractivity contribution >= 4 is 55.4 Å². The van der Waals surface area contributed by atoms with Crippen molar-refractivity contribution in [3.8, 4) is 0 Å². The molecule has 0 bridgehead atoms. The Hall–Kier alpha value is -1.74. The molecule has 6 N–H and O–H groups in total. The van der Waals surface area contributed by atoms with E-state index in [-0.39, 0.29) is 28.8 Å². The molecule has 19 heteroatoms. The third-order valence-electron chi connectivity index (χ3n) is 6.53. The number of hydrogen-bond acceptors (Lipinski definition) is 11. The molecular weight excluding hydrogens is 601 g/mol. The highest BCUT2D eigenvalue weighted by Gasteiger charge is 2.63. The molecule has 15 nitrogen and oxygen atoms in total. The molecule has 1 aliphatic heterocycles. The molecule has 2 aromatic heterocycles. The van der Waals surface area contributed by atoms with Gasteiger partial charge in [-0.25, -0.2) is 0 Å².